The Balaban J connectivity index is 1.69. The highest BCUT2D eigenvalue weighted by atomic mass is 32.1. The fourth-order valence-corrected chi connectivity index (χ4v) is 2.53. The number of carbonyl (C=O) groups excluding carboxylic acids is 1. The van der Waals surface area contributed by atoms with E-state index in [9.17, 15) is 4.79 Å². The SMILES string of the molecule is CC(C)CCCNC(=O)CCc1nnc(-c2ccsc2)o1. The second-order valence-electron chi connectivity index (χ2n) is 5.40. The summed E-state index contributed by atoms with van der Waals surface area (Å²) in [6, 6.07) is 1.93. The summed E-state index contributed by atoms with van der Waals surface area (Å²) in [5.74, 6) is 1.74. The van der Waals surface area contributed by atoms with Gasteiger partial charge in [0.25, 0.3) is 0 Å². The molecule has 0 bridgehead atoms. The van der Waals surface area contributed by atoms with E-state index in [1.807, 2.05) is 16.8 Å². The summed E-state index contributed by atoms with van der Waals surface area (Å²) < 4.78 is 5.54. The van der Waals surface area contributed by atoms with Crippen LogP contribution in [0, 0.1) is 5.92 Å². The van der Waals surface area contributed by atoms with E-state index >= 15 is 0 Å². The van der Waals surface area contributed by atoms with Crippen LogP contribution in [0.5, 0.6) is 0 Å². The summed E-state index contributed by atoms with van der Waals surface area (Å²) in [5.41, 5.74) is 0.928. The highest BCUT2D eigenvalue weighted by molar-refractivity contribution is 7.08. The molecule has 114 valence electrons. The molecule has 0 aromatic carbocycles. The van der Waals surface area contributed by atoms with Gasteiger partial charge < -0.3 is 9.73 Å². The van der Waals surface area contributed by atoms with E-state index in [1.165, 1.54) is 0 Å². The Hall–Kier alpha value is -1.69. The second-order valence-corrected chi connectivity index (χ2v) is 6.18. The highest BCUT2D eigenvalue weighted by Gasteiger charge is 2.10. The van der Waals surface area contributed by atoms with Crippen LogP contribution in [0.4, 0.5) is 0 Å². The zero-order valence-electron chi connectivity index (χ0n) is 12.5. The number of nitrogens with one attached hydrogen (secondary N) is 1. The summed E-state index contributed by atoms with van der Waals surface area (Å²) in [6.45, 7) is 5.10. The van der Waals surface area contributed by atoms with Crippen LogP contribution >= 0.6 is 11.3 Å². The Morgan fingerprint density at radius 1 is 1.43 bits per heavy atom. The predicted molar refractivity (Wildman–Crippen MR) is 83.0 cm³/mol. The molecule has 5 nitrogen and oxygen atoms in total. The van der Waals surface area contributed by atoms with Crippen LogP contribution in [-0.4, -0.2) is 22.6 Å². The molecule has 2 aromatic heterocycles. The number of rotatable bonds is 8. The smallest absolute Gasteiger partial charge is 0.248 e. The Labute approximate surface area is 128 Å². The number of aromatic nitrogens is 2. The molecule has 0 unspecified atom stereocenters. The lowest BCUT2D eigenvalue weighted by Crippen LogP contribution is -2.24. The number of aryl methyl sites for hydroxylation is 1. The normalized spacial score (nSPS) is 11.0. The lowest BCUT2D eigenvalue weighted by molar-refractivity contribution is -0.121. The average molecular weight is 307 g/mol. The number of nitrogens with zero attached hydrogens (tertiary/aromatic N) is 2. The van der Waals surface area contributed by atoms with E-state index in [2.05, 4.69) is 29.4 Å². The van der Waals surface area contributed by atoms with E-state index in [0.717, 1.165) is 24.9 Å². The third-order valence-corrected chi connectivity index (χ3v) is 3.76. The van der Waals surface area contributed by atoms with Crippen molar-refractivity contribution in [1.29, 1.82) is 0 Å². The zero-order valence-corrected chi connectivity index (χ0v) is 13.3. The van der Waals surface area contributed by atoms with Crippen LogP contribution < -0.4 is 5.32 Å². The predicted octanol–water partition coefficient (Wildman–Crippen LogP) is 3.28. The van der Waals surface area contributed by atoms with Crippen molar-refractivity contribution in [3.63, 3.8) is 0 Å². The van der Waals surface area contributed by atoms with Crippen LogP contribution in [0.25, 0.3) is 11.5 Å². The van der Waals surface area contributed by atoms with Gasteiger partial charge in [0, 0.05) is 30.3 Å². The molecule has 0 spiro atoms. The van der Waals surface area contributed by atoms with Crippen molar-refractivity contribution in [2.24, 2.45) is 5.92 Å². The van der Waals surface area contributed by atoms with Crippen molar-refractivity contribution < 1.29 is 9.21 Å². The first kappa shape index (κ1) is 15.7. The van der Waals surface area contributed by atoms with Gasteiger partial charge in [-0.2, -0.15) is 11.3 Å². The number of amides is 1. The molecule has 2 heterocycles. The molecule has 0 saturated carbocycles. The van der Waals surface area contributed by atoms with Gasteiger partial charge >= 0.3 is 0 Å². The van der Waals surface area contributed by atoms with Gasteiger partial charge in [0.2, 0.25) is 17.7 Å². The van der Waals surface area contributed by atoms with Crippen LogP contribution in [-0.2, 0) is 11.2 Å². The van der Waals surface area contributed by atoms with Gasteiger partial charge in [0.15, 0.2) is 0 Å². The minimum atomic E-state index is 0.0361. The van der Waals surface area contributed by atoms with Gasteiger partial charge in [-0.25, -0.2) is 0 Å². The molecule has 6 heteroatoms. The van der Waals surface area contributed by atoms with E-state index in [4.69, 9.17) is 4.42 Å². The molecule has 0 saturated heterocycles. The maximum Gasteiger partial charge on any atom is 0.248 e. The summed E-state index contributed by atoms with van der Waals surface area (Å²) in [6.07, 6.45) is 3.01. The summed E-state index contributed by atoms with van der Waals surface area (Å²) in [7, 11) is 0. The lowest BCUT2D eigenvalue weighted by Gasteiger charge is -2.05. The van der Waals surface area contributed by atoms with Gasteiger partial charge in [-0.05, 0) is 30.2 Å². The van der Waals surface area contributed by atoms with Crippen LogP contribution in [0.15, 0.2) is 21.2 Å². The maximum absolute atomic E-state index is 11.7. The topological polar surface area (TPSA) is 68.0 Å². The Bertz CT molecular complexity index is 549. The van der Waals surface area contributed by atoms with Crippen LogP contribution in [0.3, 0.4) is 0 Å². The van der Waals surface area contributed by atoms with Crippen molar-refractivity contribution in [3.05, 3.63) is 22.7 Å². The molecule has 0 aliphatic heterocycles. The third-order valence-electron chi connectivity index (χ3n) is 3.08. The highest BCUT2D eigenvalue weighted by Crippen LogP contribution is 2.20. The van der Waals surface area contributed by atoms with Gasteiger partial charge in [-0.1, -0.05) is 13.8 Å². The summed E-state index contributed by atoms with van der Waals surface area (Å²) in [4.78, 5) is 11.7. The molecular formula is C15H21N3O2S. The lowest BCUT2D eigenvalue weighted by atomic mass is 10.1. The van der Waals surface area contributed by atoms with Crippen LogP contribution in [0.2, 0.25) is 0 Å². The average Bonchev–Trinajstić information content (AvgIpc) is 3.11. The van der Waals surface area contributed by atoms with Crippen molar-refractivity contribution in [1.82, 2.24) is 15.5 Å². The minimum Gasteiger partial charge on any atom is -0.421 e. The fourth-order valence-electron chi connectivity index (χ4n) is 1.90. The van der Waals surface area contributed by atoms with Gasteiger partial charge in [0.05, 0.1) is 0 Å². The first-order valence-electron chi connectivity index (χ1n) is 7.27. The molecule has 21 heavy (non-hydrogen) atoms. The molecule has 0 atom stereocenters. The molecule has 2 rings (SSSR count). The minimum absolute atomic E-state index is 0.0361. The second kappa shape index (κ2) is 7.93. The fraction of sp³-hybridized carbons (Fsp3) is 0.533. The molecule has 2 aromatic rings. The van der Waals surface area contributed by atoms with Crippen molar-refractivity contribution >= 4 is 17.2 Å². The summed E-state index contributed by atoms with van der Waals surface area (Å²) in [5, 5.41) is 14.8. The van der Waals surface area contributed by atoms with Crippen molar-refractivity contribution in [3.8, 4) is 11.5 Å². The summed E-state index contributed by atoms with van der Waals surface area (Å²) >= 11 is 1.58. The molecule has 0 aliphatic carbocycles. The van der Waals surface area contributed by atoms with E-state index in [-0.39, 0.29) is 5.91 Å². The van der Waals surface area contributed by atoms with E-state index in [0.29, 0.717) is 30.5 Å². The number of hydrogen-bond acceptors (Lipinski definition) is 5. The number of hydrogen-bond donors (Lipinski definition) is 1. The molecule has 0 radical (unpaired) electrons. The number of carbonyl (C=O) groups is 1. The Morgan fingerprint density at radius 3 is 3.00 bits per heavy atom. The zero-order chi connectivity index (χ0) is 15.1. The standard InChI is InChI=1S/C15H21N3O2S/c1-11(2)4-3-8-16-13(19)5-6-14-17-18-15(20-14)12-7-9-21-10-12/h7,9-11H,3-6,8H2,1-2H3,(H,16,19). The van der Waals surface area contributed by atoms with Crippen molar-refractivity contribution in [2.45, 2.75) is 39.5 Å². The molecular weight excluding hydrogens is 286 g/mol. The Kier molecular flexibility index (Phi) is 5.92. The maximum atomic E-state index is 11.7. The molecule has 1 amide bonds. The largest absolute Gasteiger partial charge is 0.421 e. The molecule has 0 aliphatic rings. The van der Waals surface area contributed by atoms with E-state index < -0.39 is 0 Å². The first-order chi connectivity index (χ1) is 10.1. The van der Waals surface area contributed by atoms with E-state index in [1.54, 1.807) is 11.3 Å². The quantitative estimate of drug-likeness (QED) is 0.760. The third kappa shape index (κ3) is 5.30. The van der Waals surface area contributed by atoms with Gasteiger partial charge in [-0.15, -0.1) is 10.2 Å². The first-order valence-corrected chi connectivity index (χ1v) is 8.21. The van der Waals surface area contributed by atoms with Crippen molar-refractivity contribution in [2.75, 3.05) is 6.54 Å². The molecule has 1 N–H and O–H groups in total. The molecule has 0 fully saturated rings. The monoisotopic (exact) mass is 307 g/mol. The number of thiophene rings is 1. The van der Waals surface area contributed by atoms with Gasteiger partial charge in [-0.3, -0.25) is 4.79 Å². The Morgan fingerprint density at radius 2 is 2.29 bits per heavy atom. The van der Waals surface area contributed by atoms with Crippen LogP contribution in [0.1, 0.15) is 39.0 Å². The van der Waals surface area contributed by atoms with Gasteiger partial charge in [0.1, 0.15) is 0 Å².